The third-order valence-corrected chi connectivity index (χ3v) is 2.71. The largest absolute Gasteiger partial charge is 0.466 e. The number of halogens is 3. The normalized spacial score (nSPS) is 13.1. The van der Waals surface area contributed by atoms with Gasteiger partial charge in [0.25, 0.3) is 0 Å². The quantitative estimate of drug-likeness (QED) is 0.759. The molecular formula is C14H17F3O2. The van der Waals surface area contributed by atoms with Gasteiger partial charge in [0.1, 0.15) is 0 Å². The molecule has 0 spiro atoms. The predicted octanol–water partition coefficient (Wildman–Crippen LogP) is 3.98. The van der Waals surface area contributed by atoms with Crippen molar-refractivity contribution in [1.29, 1.82) is 0 Å². The van der Waals surface area contributed by atoms with Crippen molar-refractivity contribution in [2.75, 3.05) is 6.61 Å². The van der Waals surface area contributed by atoms with Gasteiger partial charge >= 0.3 is 12.1 Å². The van der Waals surface area contributed by atoms with Crippen LogP contribution in [0.1, 0.15) is 36.8 Å². The minimum Gasteiger partial charge on any atom is -0.466 e. The van der Waals surface area contributed by atoms with E-state index in [0.29, 0.717) is 6.42 Å². The molecule has 0 saturated carbocycles. The van der Waals surface area contributed by atoms with Gasteiger partial charge in [-0.25, -0.2) is 0 Å². The van der Waals surface area contributed by atoms with Crippen molar-refractivity contribution in [3.8, 4) is 0 Å². The molecule has 1 aromatic carbocycles. The number of rotatable bonds is 5. The summed E-state index contributed by atoms with van der Waals surface area (Å²) < 4.78 is 43.7. The third-order valence-electron chi connectivity index (χ3n) is 2.71. The van der Waals surface area contributed by atoms with Crippen molar-refractivity contribution in [2.45, 2.75) is 38.8 Å². The van der Waals surface area contributed by atoms with Gasteiger partial charge in [-0.3, -0.25) is 4.79 Å². The van der Waals surface area contributed by atoms with Crippen LogP contribution >= 0.6 is 0 Å². The highest BCUT2D eigenvalue weighted by Gasteiger charge is 2.42. The maximum atomic E-state index is 13.0. The molecule has 0 aliphatic rings. The van der Waals surface area contributed by atoms with Crippen LogP contribution in [0.5, 0.6) is 0 Å². The molecule has 1 aromatic rings. The average Bonchev–Trinajstić information content (AvgIpc) is 2.33. The molecule has 1 rings (SSSR count). The molecule has 0 amide bonds. The fourth-order valence-corrected chi connectivity index (χ4v) is 1.66. The van der Waals surface area contributed by atoms with Gasteiger partial charge in [0.15, 0.2) is 0 Å². The van der Waals surface area contributed by atoms with Crippen LogP contribution in [0.15, 0.2) is 24.3 Å². The van der Waals surface area contributed by atoms with Crippen molar-refractivity contribution < 1.29 is 22.7 Å². The lowest BCUT2D eigenvalue weighted by molar-refractivity contribution is -0.166. The number of ether oxygens (including phenoxy) is 1. The van der Waals surface area contributed by atoms with Gasteiger partial charge in [-0.15, -0.1) is 0 Å². The van der Waals surface area contributed by atoms with Gasteiger partial charge in [-0.05, 0) is 18.9 Å². The third kappa shape index (κ3) is 4.93. The van der Waals surface area contributed by atoms with Crippen molar-refractivity contribution in [3.63, 3.8) is 0 Å². The van der Waals surface area contributed by atoms with Crippen LogP contribution in [0.3, 0.4) is 0 Å². The lowest BCUT2D eigenvalue weighted by atomic mass is 9.94. The molecule has 0 bridgehead atoms. The van der Waals surface area contributed by atoms with Crippen molar-refractivity contribution in [2.24, 2.45) is 0 Å². The molecule has 106 valence electrons. The lowest BCUT2D eigenvalue weighted by Gasteiger charge is -2.20. The molecule has 0 fully saturated rings. The number of carbonyl (C=O) groups is 1. The number of hydrogen-bond acceptors (Lipinski definition) is 2. The molecule has 5 heteroatoms. The van der Waals surface area contributed by atoms with E-state index in [4.69, 9.17) is 4.74 Å². The zero-order valence-corrected chi connectivity index (χ0v) is 11.0. The highest BCUT2D eigenvalue weighted by molar-refractivity contribution is 5.70. The summed E-state index contributed by atoms with van der Waals surface area (Å²) in [6, 6.07) is 6.01. The second-order valence-electron chi connectivity index (χ2n) is 4.43. The van der Waals surface area contributed by atoms with Crippen LogP contribution in [0.25, 0.3) is 0 Å². The summed E-state index contributed by atoms with van der Waals surface area (Å²) in [5, 5.41) is 0. The molecule has 0 saturated heterocycles. The van der Waals surface area contributed by atoms with Crippen molar-refractivity contribution >= 4 is 5.97 Å². The second-order valence-corrected chi connectivity index (χ2v) is 4.43. The maximum absolute atomic E-state index is 13.0. The Hall–Kier alpha value is -1.52. The van der Waals surface area contributed by atoms with Crippen molar-refractivity contribution in [1.82, 2.24) is 0 Å². The van der Waals surface area contributed by atoms with Crippen LogP contribution in [0, 0.1) is 6.92 Å². The van der Waals surface area contributed by atoms with Gasteiger partial charge in [0.05, 0.1) is 18.9 Å². The smallest absolute Gasteiger partial charge is 0.396 e. The van der Waals surface area contributed by atoms with Gasteiger partial charge in [-0.2, -0.15) is 13.2 Å². The maximum Gasteiger partial charge on any atom is 0.396 e. The van der Waals surface area contributed by atoms with Gasteiger partial charge in [0.2, 0.25) is 0 Å². The van der Waals surface area contributed by atoms with Gasteiger partial charge in [0, 0.05) is 0 Å². The number of benzene rings is 1. The summed E-state index contributed by atoms with van der Waals surface area (Å²) in [4.78, 5) is 11.4. The molecule has 2 nitrogen and oxygen atoms in total. The predicted molar refractivity (Wildman–Crippen MR) is 65.8 cm³/mol. The van der Waals surface area contributed by atoms with E-state index < -0.39 is 24.5 Å². The molecular weight excluding hydrogens is 257 g/mol. The first-order valence-electron chi connectivity index (χ1n) is 6.13. The molecule has 0 aliphatic heterocycles. The average molecular weight is 274 g/mol. The summed E-state index contributed by atoms with van der Waals surface area (Å²) in [5.41, 5.74) is 0.963. The van der Waals surface area contributed by atoms with E-state index in [-0.39, 0.29) is 12.2 Å². The summed E-state index contributed by atoms with van der Waals surface area (Å²) in [6.07, 6.45) is -4.54. The highest BCUT2D eigenvalue weighted by Crippen LogP contribution is 2.37. The van der Waals surface area contributed by atoms with Crippen molar-refractivity contribution in [3.05, 3.63) is 35.4 Å². The zero-order chi connectivity index (χ0) is 14.5. The minimum absolute atomic E-state index is 0.0894. The lowest BCUT2D eigenvalue weighted by Crippen LogP contribution is -2.24. The Morgan fingerprint density at radius 2 is 1.84 bits per heavy atom. The fourth-order valence-electron chi connectivity index (χ4n) is 1.66. The molecule has 0 heterocycles. The Bertz CT molecular complexity index is 410. The second kappa shape index (κ2) is 6.59. The van der Waals surface area contributed by atoms with Crippen LogP contribution in [0.2, 0.25) is 0 Å². The Labute approximate surface area is 110 Å². The van der Waals surface area contributed by atoms with E-state index in [9.17, 15) is 18.0 Å². The number of aryl methyl sites for hydroxylation is 1. The van der Waals surface area contributed by atoms with Crippen LogP contribution < -0.4 is 0 Å². The van der Waals surface area contributed by atoms with E-state index in [1.165, 1.54) is 12.1 Å². The molecule has 0 radical (unpaired) electrons. The first kappa shape index (κ1) is 15.5. The Balaban J connectivity index is 2.84. The Morgan fingerprint density at radius 1 is 1.26 bits per heavy atom. The van der Waals surface area contributed by atoms with E-state index in [2.05, 4.69) is 0 Å². The Morgan fingerprint density at radius 3 is 2.32 bits per heavy atom. The number of carbonyl (C=O) groups excluding carboxylic acids is 1. The topological polar surface area (TPSA) is 26.3 Å². The Kier molecular flexibility index (Phi) is 5.39. The molecule has 1 atom stereocenters. The summed E-state index contributed by atoms with van der Waals surface area (Å²) >= 11 is 0. The molecule has 0 N–H and O–H groups in total. The van der Waals surface area contributed by atoms with Gasteiger partial charge < -0.3 is 4.74 Å². The SMILES string of the molecule is CCCOC(=O)C[C@@H](c1ccc(C)cc1)C(F)(F)F. The van der Waals surface area contributed by atoms with Crippen LogP contribution in [-0.4, -0.2) is 18.8 Å². The molecule has 19 heavy (non-hydrogen) atoms. The summed E-state index contributed by atoms with van der Waals surface area (Å²) in [6.45, 7) is 3.73. The standard InChI is InChI=1S/C14H17F3O2/c1-3-8-19-13(18)9-12(14(15,16)17)11-6-4-10(2)5-7-11/h4-7,12H,3,8-9H2,1-2H3/t12-/m0/s1. The zero-order valence-electron chi connectivity index (χ0n) is 11.0. The summed E-state index contributed by atoms with van der Waals surface area (Å²) in [5.74, 6) is -2.62. The van der Waals surface area contributed by atoms with Gasteiger partial charge in [-0.1, -0.05) is 36.8 Å². The minimum atomic E-state index is -4.46. The number of hydrogen-bond donors (Lipinski definition) is 0. The van der Waals surface area contributed by atoms with E-state index >= 15 is 0 Å². The molecule has 0 unspecified atom stereocenters. The molecule has 0 aliphatic carbocycles. The van der Waals surface area contributed by atoms with E-state index in [1.807, 2.05) is 0 Å². The first-order valence-corrected chi connectivity index (χ1v) is 6.13. The fraction of sp³-hybridized carbons (Fsp3) is 0.500. The number of esters is 1. The van der Waals surface area contributed by atoms with E-state index in [1.54, 1.807) is 26.0 Å². The van der Waals surface area contributed by atoms with E-state index in [0.717, 1.165) is 5.56 Å². The highest BCUT2D eigenvalue weighted by atomic mass is 19.4. The summed E-state index contributed by atoms with van der Waals surface area (Å²) in [7, 11) is 0. The van der Waals surface area contributed by atoms with Crippen LogP contribution in [0.4, 0.5) is 13.2 Å². The van der Waals surface area contributed by atoms with Crippen LogP contribution in [-0.2, 0) is 9.53 Å². The monoisotopic (exact) mass is 274 g/mol. The first-order chi connectivity index (χ1) is 8.84. The number of alkyl halides is 3. The molecule has 0 aromatic heterocycles.